The standard InChI is InChI=1S/C13H15BrN2O3/c14-11-2-1-9(15)7-10(11)12(17)16-5-3-8(4-6-16)13(18)19/h1-2,7-8H,3-6,15H2,(H,18,19). The molecule has 5 nitrogen and oxygen atoms in total. The number of benzene rings is 1. The van der Waals surface area contributed by atoms with Crippen molar-refractivity contribution in [1.82, 2.24) is 4.90 Å². The van der Waals surface area contributed by atoms with Crippen LogP contribution in [0.15, 0.2) is 22.7 Å². The van der Waals surface area contributed by atoms with E-state index in [1.165, 1.54) is 0 Å². The monoisotopic (exact) mass is 326 g/mol. The molecule has 102 valence electrons. The third-order valence-electron chi connectivity index (χ3n) is 3.35. The fraction of sp³-hybridized carbons (Fsp3) is 0.385. The molecule has 0 saturated carbocycles. The first-order valence-corrected chi connectivity index (χ1v) is 6.85. The number of carboxylic acids is 1. The van der Waals surface area contributed by atoms with Crippen molar-refractivity contribution < 1.29 is 14.7 Å². The minimum Gasteiger partial charge on any atom is -0.481 e. The van der Waals surface area contributed by atoms with Crippen molar-refractivity contribution in [1.29, 1.82) is 0 Å². The van der Waals surface area contributed by atoms with E-state index in [9.17, 15) is 9.59 Å². The number of anilines is 1. The summed E-state index contributed by atoms with van der Waals surface area (Å²) in [4.78, 5) is 24.9. The molecular formula is C13H15BrN2O3. The third-order valence-corrected chi connectivity index (χ3v) is 4.04. The second-order valence-corrected chi connectivity index (χ2v) is 5.50. The van der Waals surface area contributed by atoms with Crippen LogP contribution in [-0.2, 0) is 4.79 Å². The van der Waals surface area contributed by atoms with E-state index in [0.29, 0.717) is 41.7 Å². The van der Waals surface area contributed by atoms with Gasteiger partial charge in [0.25, 0.3) is 5.91 Å². The minimum absolute atomic E-state index is 0.108. The van der Waals surface area contributed by atoms with Gasteiger partial charge in [-0.2, -0.15) is 0 Å². The number of hydrogen-bond acceptors (Lipinski definition) is 3. The quantitative estimate of drug-likeness (QED) is 0.814. The van der Waals surface area contributed by atoms with Gasteiger partial charge in [0.15, 0.2) is 0 Å². The molecule has 0 aromatic heterocycles. The van der Waals surface area contributed by atoms with E-state index in [-0.39, 0.29) is 11.8 Å². The predicted octanol–water partition coefficient (Wildman–Crippen LogP) is 1.97. The molecular weight excluding hydrogens is 312 g/mol. The molecule has 1 aliphatic rings. The lowest BCUT2D eigenvalue weighted by Gasteiger charge is -2.30. The Hall–Kier alpha value is -1.56. The van der Waals surface area contributed by atoms with Crippen LogP contribution in [0.25, 0.3) is 0 Å². The van der Waals surface area contributed by atoms with Gasteiger partial charge in [-0.1, -0.05) is 0 Å². The molecule has 0 radical (unpaired) electrons. The zero-order valence-corrected chi connectivity index (χ0v) is 11.9. The van der Waals surface area contributed by atoms with E-state index in [1.807, 2.05) is 0 Å². The van der Waals surface area contributed by atoms with Crippen LogP contribution in [0.4, 0.5) is 5.69 Å². The predicted molar refractivity (Wildman–Crippen MR) is 74.8 cm³/mol. The van der Waals surface area contributed by atoms with Crippen LogP contribution in [0, 0.1) is 5.92 Å². The van der Waals surface area contributed by atoms with Crippen molar-refractivity contribution in [3.63, 3.8) is 0 Å². The Bertz CT molecular complexity index is 511. The van der Waals surface area contributed by atoms with E-state index in [4.69, 9.17) is 10.8 Å². The van der Waals surface area contributed by atoms with Gasteiger partial charge >= 0.3 is 5.97 Å². The summed E-state index contributed by atoms with van der Waals surface area (Å²) >= 11 is 3.34. The van der Waals surface area contributed by atoms with Crippen molar-refractivity contribution >= 4 is 33.5 Å². The molecule has 1 saturated heterocycles. The molecule has 1 aromatic carbocycles. The topological polar surface area (TPSA) is 83.6 Å². The number of rotatable bonds is 2. The minimum atomic E-state index is -0.780. The number of carbonyl (C=O) groups excluding carboxylic acids is 1. The number of amides is 1. The summed E-state index contributed by atoms with van der Waals surface area (Å²) in [5, 5.41) is 8.93. The zero-order valence-electron chi connectivity index (χ0n) is 10.3. The van der Waals surface area contributed by atoms with E-state index in [2.05, 4.69) is 15.9 Å². The number of hydrogen-bond donors (Lipinski definition) is 2. The Kier molecular flexibility index (Phi) is 4.09. The molecule has 1 amide bonds. The molecule has 6 heteroatoms. The fourth-order valence-electron chi connectivity index (χ4n) is 2.21. The average Bonchev–Trinajstić information content (AvgIpc) is 2.41. The molecule has 1 aromatic rings. The molecule has 1 aliphatic heterocycles. The largest absolute Gasteiger partial charge is 0.481 e. The third kappa shape index (κ3) is 3.07. The zero-order chi connectivity index (χ0) is 14.0. The molecule has 1 heterocycles. The normalized spacial score (nSPS) is 16.4. The molecule has 0 aliphatic carbocycles. The van der Waals surface area contributed by atoms with E-state index in [1.54, 1.807) is 23.1 Å². The van der Waals surface area contributed by atoms with Gasteiger partial charge in [0.05, 0.1) is 11.5 Å². The molecule has 19 heavy (non-hydrogen) atoms. The van der Waals surface area contributed by atoms with Crippen LogP contribution in [0.2, 0.25) is 0 Å². The molecule has 0 bridgehead atoms. The first-order valence-electron chi connectivity index (χ1n) is 6.06. The number of nitrogens with zero attached hydrogens (tertiary/aromatic N) is 1. The number of carbonyl (C=O) groups is 2. The second kappa shape index (κ2) is 5.61. The van der Waals surface area contributed by atoms with Gasteiger partial charge in [-0.25, -0.2) is 0 Å². The summed E-state index contributed by atoms with van der Waals surface area (Å²) in [6.07, 6.45) is 1.00. The number of nitrogens with two attached hydrogens (primary N) is 1. The van der Waals surface area contributed by atoms with Crippen molar-refractivity contribution in [3.8, 4) is 0 Å². The average molecular weight is 327 g/mol. The summed E-state index contributed by atoms with van der Waals surface area (Å²) in [6, 6.07) is 5.10. The summed E-state index contributed by atoms with van der Waals surface area (Å²) in [7, 11) is 0. The summed E-state index contributed by atoms with van der Waals surface area (Å²) in [5.41, 5.74) is 6.74. The lowest BCUT2D eigenvalue weighted by atomic mass is 9.96. The van der Waals surface area contributed by atoms with Gasteiger partial charge in [0, 0.05) is 23.2 Å². The highest BCUT2D eigenvalue weighted by atomic mass is 79.9. The van der Waals surface area contributed by atoms with Crippen LogP contribution in [0.3, 0.4) is 0 Å². The number of halogens is 1. The smallest absolute Gasteiger partial charge is 0.306 e. The maximum atomic E-state index is 12.3. The summed E-state index contributed by atoms with van der Waals surface area (Å²) in [5.74, 6) is -1.23. The van der Waals surface area contributed by atoms with Crippen LogP contribution >= 0.6 is 15.9 Å². The number of piperidine rings is 1. The van der Waals surface area contributed by atoms with Crippen molar-refractivity contribution in [2.45, 2.75) is 12.8 Å². The number of likely N-dealkylation sites (tertiary alicyclic amines) is 1. The number of aliphatic carboxylic acids is 1. The lowest BCUT2D eigenvalue weighted by molar-refractivity contribution is -0.143. The lowest BCUT2D eigenvalue weighted by Crippen LogP contribution is -2.40. The van der Waals surface area contributed by atoms with Gasteiger partial charge in [0.1, 0.15) is 0 Å². The van der Waals surface area contributed by atoms with E-state index in [0.717, 1.165) is 0 Å². The molecule has 0 spiro atoms. The van der Waals surface area contributed by atoms with Gasteiger partial charge in [-0.15, -0.1) is 0 Å². The first kappa shape index (κ1) is 13.9. The fourth-order valence-corrected chi connectivity index (χ4v) is 2.62. The Labute approximate surface area is 119 Å². The number of nitrogen functional groups attached to an aromatic ring is 1. The van der Waals surface area contributed by atoms with Crippen molar-refractivity contribution in [2.75, 3.05) is 18.8 Å². The second-order valence-electron chi connectivity index (χ2n) is 4.64. The SMILES string of the molecule is Nc1ccc(Br)c(C(=O)N2CCC(C(=O)O)CC2)c1. The van der Waals surface area contributed by atoms with E-state index < -0.39 is 5.97 Å². The Morgan fingerprint density at radius 2 is 1.95 bits per heavy atom. The van der Waals surface area contributed by atoms with Gasteiger partial charge in [0.2, 0.25) is 0 Å². The molecule has 1 fully saturated rings. The first-order chi connectivity index (χ1) is 8.99. The number of carboxylic acid groups (broad SMARTS) is 1. The summed E-state index contributed by atoms with van der Waals surface area (Å²) in [6.45, 7) is 0.939. The highest BCUT2D eigenvalue weighted by molar-refractivity contribution is 9.10. The molecule has 3 N–H and O–H groups in total. The van der Waals surface area contributed by atoms with Gasteiger partial charge in [-0.3, -0.25) is 9.59 Å². The van der Waals surface area contributed by atoms with Crippen LogP contribution in [0.5, 0.6) is 0 Å². The maximum Gasteiger partial charge on any atom is 0.306 e. The molecule has 0 atom stereocenters. The van der Waals surface area contributed by atoms with Crippen LogP contribution in [-0.4, -0.2) is 35.0 Å². The molecule has 0 unspecified atom stereocenters. The highest BCUT2D eigenvalue weighted by Gasteiger charge is 2.28. The maximum absolute atomic E-state index is 12.3. The Morgan fingerprint density at radius 3 is 2.53 bits per heavy atom. The highest BCUT2D eigenvalue weighted by Crippen LogP contribution is 2.24. The van der Waals surface area contributed by atoms with Gasteiger partial charge < -0.3 is 15.7 Å². The van der Waals surface area contributed by atoms with Crippen LogP contribution < -0.4 is 5.73 Å². The summed E-state index contributed by atoms with van der Waals surface area (Å²) < 4.78 is 0.701. The van der Waals surface area contributed by atoms with Crippen LogP contribution in [0.1, 0.15) is 23.2 Å². The van der Waals surface area contributed by atoms with E-state index >= 15 is 0 Å². The molecule has 2 rings (SSSR count). The Morgan fingerprint density at radius 1 is 1.32 bits per heavy atom. The van der Waals surface area contributed by atoms with Crippen molar-refractivity contribution in [2.24, 2.45) is 5.92 Å². The van der Waals surface area contributed by atoms with Gasteiger partial charge in [-0.05, 0) is 47.0 Å². The van der Waals surface area contributed by atoms with Crippen molar-refractivity contribution in [3.05, 3.63) is 28.2 Å². The Balaban J connectivity index is 2.09.